The van der Waals surface area contributed by atoms with E-state index in [1.54, 1.807) is 12.1 Å². The molecule has 1 aromatic rings. The highest BCUT2D eigenvalue weighted by atomic mass is 32.2. The van der Waals surface area contributed by atoms with E-state index in [2.05, 4.69) is 4.72 Å². The van der Waals surface area contributed by atoms with Crippen molar-refractivity contribution in [2.24, 2.45) is 0 Å². The number of hydrogen-bond acceptors (Lipinski definition) is 5. The fraction of sp³-hybridized carbons (Fsp3) is 0.682. The number of halogens is 1. The summed E-state index contributed by atoms with van der Waals surface area (Å²) in [4.78, 5) is 13.3. The minimum Gasteiger partial charge on any atom is -0.465 e. The van der Waals surface area contributed by atoms with Gasteiger partial charge in [-0.25, -0.2) is 9.18 Å². The summed E-state index contributed by atoms with van der Waals surface area (Å²) < 4.78 is 53.4. The SMILES string of the molecule is COC[C@@H]1C[C@H](NS(=O)(=O)N(C)C)[C@H](COC2CCC(c3cccc(F)c3)CC2)N1C(=O)O. The molecule has 2 N–H and O–H groups in total. The van der Waals surface area contributed by atoms with Crippen molar-refractivity contribution in [3.8, 4) is 0 Å². The van der Waals surface area contributed by atoms with Crippen LogP contribution in [0.15, 0.2) is 24.3 Å². The summed E-state index contributed by atoms with van der Waals surface area (Å²) in [7, 11) is 0.572. The molecule has 2 aliphatic rings. The van der Waals surface area contributed by atoms with E-state index in [1.807, 2.05) is 6.07 Å². The van der Waals surface area contributed by atoms with Gasteiger partial charge in [0.05, 0.1) is 31.4 Å². The third-order valence-corrected chi connectivity index (χ3v) is 8.16. The number of carboxylic acid groups (broad SMARTS) is 1. The summed E-state index contributed by atoms with van der Waals surface area (Å²) in [5, 5.41) is 9.82. The summed E-state index contributed by atoms with van der Waals surface area (Å²) in [5.41, 5.74) is 0.988. The van der Waals surface area contributed by atoms with Crippen LogP contribution in [0, 0.1) is 5.82 Å². The van der Waals surface area contributed by atoms with E-state index in [4.69, 9.17) is 9.47 Å². The summed E-state index contributed by atoms with van der Waals surface area (Å²) in [6, 6.07) is 4.91. The van der Waals surface area contributed by atoms with Crippen molar-refractivity contribution < 1.29 is 32.2 Å². The van der Waals surface area contributed by atoms with Gasteiger partial charge in [0.1, 0.15) is 5.82 Å². The molecule has 1 amide bonds. The Morgan fingerprint density at radius 3 is 2.52 bits per heavy atom. The number of methoxy groups -OCH3 is 1. The molecule has 9 nitrogen and oxygen atoms in total. The van der Waals surface area contributed by atoms with Gasteiger partial charge in [0.25, 0.3) is 10.2 Å². The van der Waals surface area contributed by atoms with Gasteiger partial charge in [0, 0.05) is 27.2 Å². The second-order valence-electron chi connectivity index (χ2n) is 8.98. The Morgan fingerprint density at radius 1 is 1.24 bits per heavy atom. The average Bonchev–Trinajstić information content (AvgIpc) is 3.09. The minimum atomic E-state index is -3.75. The van der Waals surface area contributed by atoms with Crippen LogP contribution in [0.4, 0.5) is 9.18 Å². The number of amides is 1. The number of ether oxygens (including phenoxy) is 2. The largest absolute Gasteiger partial charge is 0.465 e. The van der Waals surface area contributed by atoms with Gasteiger partial charge in [-0.2, -0.15) is 17.4 Å². The second-order valence-corrected chi connectivity index (χ2v) is 10.9. The van der Waals surface area contributed by atoms with Crippen LogP contribution in [-0.4, -0.2) is 87.5 Å². The van der Waals surface area contributed by atoms with Gasteiger partial charge in [-0.3, -0.25) is 4.90 Å². The highest BCUT2D eigenvalue weighted by Gasteiger charge is 2.46. The summed E-state index contributed by atoms with van der Waals surface area (Å²) in [6.45, 7) is 0.254. The molecule has 3 rings (SSSR count). The zero-order valence-corrected chi connectivity index (χ0v) is 20.1. The predicted octanol–water partition coefficient (Wildman–Crippen LogP) is 2.40. The molecule has 0 bridgehead atoms. The van der Waals surface area contributed by atoms with Crippen LogP contribution in [0.1, 0.15) is 43.6 Å². The third-order valence-electron chi connectivity index (χ3n) is 6.60. The van der Waals surface area contributed by atoms with Crippen molar-refractivity contribution in [3.05, 3.63) is 35.6 Å². The minimum absolute atomic E-state index is 0.0574. The van der Waals surface area contributed by atoms with Crippen LogP contribution < -0.4 is 4.72 Å². The highest BCUT2D eigenvalue weighted by Crippen LogP contribution is 2.35. The van der Waals surface area contributed by atoms with Gasteiger partial charge in [-0.15, -0.1) is 0 Å². The van der Waals surface area contributed by atoms with Crippen LogP contribution in [0.25, 0.3) is 0 Å². The molecular formula is C22H34FN3O6S. The number of likely N-dealkylation sites (tertiary alicyclic amines) is 1. The van der Waals surface area contributed by atoms with Gasteiger partial charge in [0.15, 0.2) is 0 Å². The quantitative estimate of drug-likeness (QED) is 0.554. The zero-order chi connectivity index (χ0) is 24.2. The van der Waals surface area contributed by atoms with Crippen LogP contribution in [0.5, 0.6) is 0 Å². The van der Waals surface area contributed by atoms with E-state index in [0.717, 1.165) is 35.6 Å². The lowest BCUT2D eigenvalue weighted by Crippen LogP contribution is -2.52. The van der Waals surface area contributed by atoms with Gasteiger partial charge < -0.3 is 14.6 Å². The summed E-state index contributed by atoms with van der Waals surface area (Å²) in [5.74, 6) is 0.0333. The van der Waals surface area contributed by atoms with Crippen LogP contribution in [0.3, 0.4) is 0 Å². The summed E-state index contributed by atoms with van der Waals surface area (Å²) in [6.07, 6.45) is 2.36. The van der Waals surface area contributed by atoms with Gasteiger partial charge in [-0.05, 0) is 55.7 Å². The Morgan fingerprint density at radius 2 is 1.94 bits per heavy atom. The molecule has 1 saturated heterocycles. The van der Waals surface area contributed by atoms with E-state index in [9.17, 15) is 22.7 Å². The van der Waals surface area contributed by atoms with Crippen molar-refractivity contribution in [3.63, 3.8) is 0 Å². The lowest BCUT2D eigenvalue weighted by molar-refractivity contribution is -0.0114. The van der Waals surface area contributed by atoms with E-state index in [0.29, 0.717) is 6.42 Å². The monoisotopic (exact) mass is 487 g/mol. The highest BCUT2D eigenvalue weighted by molar-refractivity contribution is 7.87. The molecule has 1 aromatic carbocycles. The number of benzene rings is 1. The topological polar surface area (TPSA) is 108 Å². The first-order chi connectivity index (χ1) is 15.6. The predicted molar refractivity (Wildman–Crippen MR) is 121 cm³/mol. The second kappa shape index (κ2) is 11.1. The molecule has 0 aromatic heterocycles. The first kappa shape index (κ1) is 25.8. The standard InChI is InChI=1S/C22H34FN3O6S/c1-25(2)33(29,30)24-20-12-18(13-31-3)26(22(27)28)21(20)14-32-19-9-7-15(8-10-19)16-5-4-6-17(23)11-16/h4-6,11,15,18-21,24H,7-10,12-14H2,1-3H3,(H,27,28)/t15?,18-,19?,20-,21-/m0/s1. The lowest BCUT2D eigenvalue weighted by atomic mass is 9.82. The molecule has 0 unspecified atom stereocenters. The number of nitrogens with one attached hydrogen (secondary N) is 1. The first-order valence-corrected chi connectivity index (χ1v) is 12.6. The van der Waals surface area contributed by atoms with Gasteiger partial charge in [0.2, 0.25) is 0 Å². The lowest BCUT2D eigenvalue weighted by Gasteiger charge is -2.33. The molecule has 33 heavy (non-hydrogen) atoms. The fourth-order valence-electron chi connectivity index (χ4n) is 4.85. The van der Waals surface area contributed by atoms with Crippen molar-refractivity contribution in [1.82, 2.24) is 13.9 Å². The molecule has 186 valence electrons. The van der Waals surface area contributed by atoms with Crippen molar-refractivity contribution in [2.45, 2.75) is 62.3 Å². The molecule has 0 spiro atoms. The van der Waals surface area contributed by atoms with E-state index in [-0.39, 0.29) is 31.1 Å². The molecule has 1 aliphatic heterocycles. The van der Waals surface area contributed by atoms with E-state index >= 15 is 0 Å². The Balaban J connectivity index is 1.64. The molecule has 1 heterocycles. The van der Waals surface area contributed by atoms with E-state index < -0.39 is 34.4 Å². The van der Waals surface area contributed by atoms with Crippen LogP contribution in [-0.2, 0) is 19.7 Å². The smallest absolute Gasteiger partial charge is 0.408 e. The molecule has 2 fully saturated rings. The van der Waals surface area contributed by atoms with Crippen LogP contribution in [0.2, 0.25) is 0 Å². The van der Waals surface area contributed by atoms with Gasteiger partial charge in [-0.1, -0.05) is 12.1 Å². The van der Waals surface area contributed by atoms with Crippen molar-refractivity contribution in [2.75, 3.05) is 34.4 Å². The van der Waals surface area contributed by atoms with Gasteiger partial charge >= 0.3 is 6.09 Å². The zero-order valence-electron chi connectivity index (χ0n) is 19.3. The maximum Gasteiger partial charge on any atom is 0.408 e. The van der Waals surface area contributed by atoms with Crippen molar-refractivity contribution in [1.29, 1.82) is 0 Å². The normalized spacial score (nSPS) is 28.4. The average molecular weight is 488 g/mol. The number of nitrogens with zero attached hydrogens (tertiary/aromatic N) is 2. The number of rotatable bonds is 9. The molecular weight excluding hydrogens is 453 g/mol. The van der Waals surface area contributed by atoms with E-state index in [1.165, 1.54) is 32.2 Å². The Labute approximate surface area is 195 Å². The third kappa shape index (κ3) is 6.42. The summed E-state index contributed by atoms with van der Waals surface area (Å²) >= 11 is 0. The first-order valence-electron chi connectivity index (χ1n) is 11.2. The molecule has 0 radical (unpaired) electrons. The Kier molecular flexibility index (Phi) is 8.68. The molecule has 1 saturated carbocycles. The number of hydrogen-bond donors (Lipinski definition) is 2. The molecule has 11 heteroatoms. The Hall–Kier alpha value is -1.79. The number of carbonyl (C=O) groups is 1. The van der Waals surface area contributed by atoms with Crippen molar-refractivity contribution >= 4 is 16.3 Å². The molecule has 3 atom stereocenters. The maximum atomic E-state index is 13.5. The van der Waals surface area contributed by atoms with Crippen LogP contribution >= 0.6 is 0 Å². The Bertz CT molecular complexity index is 907. The molecule has 1 aliphatic carbocycles. The maximum absolute atomic E-state index is 13.5. The fourth-order valence-corrected chi connectivity index (χ4v) is 5.69.